The van der Waals surface area contributed by atoms with Crippen LogP contribution in [0.1, 0.15) is 10.4 Å². The van der Waals surface area contributed by atoms with E-state index in [1.54, 1.807) is 6.07 Å². The number of halogens is 3. The molecule has 0 radical (unpaired) electrons. The van der Waals surface area contributed by atoms with Gasteiger partial charge in [0.2, 0.25) is 0 Å². The highest BCUT2D eigenvalue weighted by atomic mass is 79.9. The lowest BCUT2D eigenvalue weighted by Crippen LogP contribution is -2.21. The minimum absolute atomic E-state index is 0.0324. The Labute approximate surface area is 132 Å². The van der Waals surface area contributed by atoms with Crippen LogP contribution in [0.15, 0.2) is 33.5 Å². The highest BCUT2D eigenvalue weighted by Gasteiger charge is 2.19. The van der Waals surface area contributed by atoms with Crippen LogP contribution >= 0.6 is 27.5 Å². The van der Waals surface area contributed by atoms with E-state index in [-0.39, 0.29) is 22.1 Å². The van der Waals surface area contributed by atoms with Gasteiger partial charge >= 0.3 is 5.97 Å². The molecule has 2 rings (SSSR count). The fraction of sp³-hybridized carbons (Fsp3) is 0.0769. The molecule has 0 spiro atoms. The first-order chi connectivity index (χ1) is 9.81. The van der Waals surface area contributed by atoms with E-state index in [0.29, 0.717) is 4.47 Å². The van der Waals surface area contributed by atoms with Gasteiger partial charge in [0.15, 0.2) is 0 Å². The van der Waals surface area contributed by atoms with Gasteiger partial charge in [-0.25, -0.2) is 9.18 Å². The third-order valence-corrected chi connectivity index (χ3v) is 3.72. The predicted molar refractivity (Wildman–Crippen MR) is 81.0 cm³/mol. The molecule has 0 bridgehead atoms. The predicted octanol–water partition coefficient (Wildman–Crippen LogP) is 3.38. The van der Waals surface area contributed by atoms with Crippen molar-refractivity contribution in [2.45, 2.75) is 0 Å². The summed E-state index contributed by atoms with van der Waals surface area (Å²) in [7, 11) is 1.35. The number of hydrogen-bond donors (Lipinski definition) is 2. The maximum atomic E-state index is 13.8. The van der Waals surface area contributed by atoms with Crippen molar-refractivity contribution in [3.8, 4) is 0 Å². The van der Waals surface area contributed by atoms with Gasteiger partial charge in [0.05, 0.1) is 11.4 Å². The molecule has 2 aromatic rings. The quantitative estimate of drug-likeness (QED) is 0.807. The van der Waals surface area contributed by atoms with Gasteiger partial charge in [-0.3, -0.25) is 4.79 Å². The standard InChI is InChI=1S/C13H9BrClFN2O3/c1-18-10(19)5-9(11(12(18)15)13(20)21)17-8-3-2-6(14)4-7(8)16/h2-5,17H,1H3,(H,20,21). The molecular formula is C13H9BrClFN2O3. The average molecular weight is 376 g/mol. The lowest BCUT2D eigenvalue weighted by molar-refractivity contribution is 0.0697. The third-order valence-electron chi connectivity index (χ3n) is 2.78. The minimum Gasteiger partial charge on any atom is -0.478 e. The van der Waals surface area contributed by atoms with E-state index in [0.717, 1.165) is 10.6 Å². The lowest BCUT2D eigenvalue weighted by Gasteiger charge is -2.13. The molecule has 8 heteroatoms. The summed E-state index contributed by atoms with van der Waals surface area (Å²) < 4.78 is 15.3. The molecule has 2 N–H and O–H groups in total. The van der Waals surface area contributed by atoms with Crippen molar-refractivity contribution in [2.24, 2.45) is 7.05 Å². The number of hydrogen-bond acceptors (Lipinski definition) is 3. The van der Waals surface area contributed by atoms with Gasteiger partial charge < -0.3 is 15.0 Å². The molecule has 0 atom stereocenters. The molecule has 1 aromatic heterocycles. The van der Waals surface area contributed by atoms with Crippen LogP contribution in [0, 0.1) is 5.82 Å². The van der Waals surface area contributed by atoms with Gasteiger partial charge in [-0.1, -0.05) is 27.5 Å². The van der Waals surface area contributed by atoms with Crippen LogP contribution < -0.4 is 10.9 Å². The number of nitrogens with zero attached hydrogens (tertiary/aromatic N) is 1. The van der Waals surface area contributed by atoms with Crippen molar-refractivity contribution in [2.75, 3.05) is 5.32 Å². The Morgan fingerprint density at radius 2 is 2.05 bits per heavy atom. The molecule has 0 aliphatic heterocycles. The number of anilines is 2. The number of rotatable bonds is 3. The lowest BCUT2D eigenvalue weighted by atomic mass is 10.2. The van der Waals surface area contributed by atoms with Crippen LogP contribution in [-0.2, 0) is 7.05 Å². The number of nitrogens with one attached hydrogen (secondary N) is 1. The molecule has 0 saturated heterocycles. The maximum absolute atomic E-state index is 13.8. The molecule has 0 amide bonds. The largest absolute Gasteiger partial charge is 0.478 e. The van der Waals surface area contributed by atoms with E-state index < -0.39 is 17.3 Å². The Hall–Kier alpha value is -1.86. The van der Waals surface area contributed by atoms with Crippen molar-refractivity contribution in [1.29, 1.82) is 0 Å². The first kappa shape index (κ1) is 15.5. The molecule has 0 aliphatic rings. The summed E-state index contributed by atoms with van der Waals surface area (Å²) >= 11 is 8.99. The summed E-state index contributed by atoms with van der Waals surface area (Å²) in [4.78, 5) is 23.0. The number of carboxylic acids is 1. The van der Waals surface area contributed by atoms with E-state index in [1.165, 1.54) is 19.2 Å². The Morgan fingerprint density at radius 1 is 1.38 bits per heavy atom. The monoisotopic (exact) mass is 374 g/mol. The molecule has 21 heavy (non-hydrogen) atoms. The van der Waals surface area contributed by atoms with Crippen molar-refractivity contribution < 1.29 is 14.3 Å². The number of aromatic nitrogens is 1. The molecule has 0 saturated carbocycles. The van der Waals surface area contributed by atoms with E-state index in [4.69, 9.17) is 11.6 Å². The van der Waals surface area contributed by atoms with Crippen molar-refractivity contribution >= 4 is 44.9 Å². The number of pyridine rings is 1. The summed E-state index contributed by atoms with van der Waals surface area (Å²) in [5, 5.41) is 11.6. The molecule has 5 nitrogen and oxygen atoms in total. The average Bonchev–Trinajstić information content (AvgIpc) is 2.39. The van der Waals surface area contributed by atoms with Crippen LogP contribution in [0.3, 0.4) is 0 Å². The second-order valence-electron chi connectivity index (χ2n) is 4.18. The van der Waals surface area contributed by atoms with Crippen molar-refractivity contribution in [3.63, 3.8) is 0 Å². The molecular weight excluding hydrogens is 367 g/mol. The van der Waals surface area contributed by atoms with Crippen LogP contribution in [0.5, 0.6) is 0 Å². The zero-order valence-corrected chi connectivity index (χ0v) is 13.0. The van der Waals surface area contributed by atoms with Gasteiger partial charge in [0, 0.05) is 17.6 Å². The first-order valence-corrected chi connectivity index (χ1v) is 6.83. The van der Waals surface area contributed by atoms with Gasteiger partial charge in [-0.2, -0.15) is 0 Å². The topological polar surface area (TPSA) is 71.3 Å². The summed E-state index contributed by atoms with van der Waals surface area (Å²) in [5.41, 5.74) is -0.854. The molecule has 0 unspecified atom stereocenters. The van der Waals surface area contributed by atoms with Gasteiger partial charge in [0.25, 0.3) is 5.56 Å². The normalized spacial score (nSPS) is 10.5. The van der Waals surface area contributed by atoms with E-state index in [2.05, 4.69) is 21.2 Å². The zero-order valence-electron chi connectivity index (χ0n) is 10.7. The third kappa shape index (κ3) is 3.08. The Morgan fingerprint density at radius 3 is 2.62 bits per heavy atom. The SMILES string of the molecule is Cn1c(Cl)c(C(=O)O)c(Nc2ccc(Br)cc2F)cc1=O. The number of carbonyl (C=O) groups is 1. The second kappa shape index (κ2) is 5.87. The van der Waals surface area contributed by atoms with E-state index in [9.17, 15) is 19.1 Å². The van der Waals surface area contributed by atoms with Crippen LogP contribution in [0.4, 0.5) is 15.8 Å². The summed E-state index contributed by atoms with van der Waals surface area (Å²) in [6.07, 6.45) is 0. The molecule has 0 aliphatic carbocycles. The highest BCUT2D eigenvalue weighted by Crippen LogP contribution is 2.27. The molecule has 110 valence electrons. The first-order valence-electron chi connectivity index (χ1n) is 5.66. The fourth-order valence-electron chi connectivity index (χ4n) is 1.71. The zero-order chi connectivity index (χ0) is 15.7. The minimum atomic E-state index is -1.32. The number of benzene rings is 1. The van der Waals surface area contributed by atoms with E-state index >= 15 is 0 Å². The highest BCUT2D eigenvalue weighted by molar-refractivity contribution is 9.10. The Bertz CT molecular complexity index is 792. The van der Waals surface area contributed by atoms with Crippen molar-refractivity contribution in [3.05, 3.63) is 55.6 Å². The van der Waals surface area contributed by atoms with Crippen LogP contribution in [0.25, 0.3) is 0 Å². The number of aromatic carboxylic acids is 1. The van der Waals surface area contributed by atoms with E-state index in [1.807, 2.05) is 0 Å². The van der Waals surface area contributed by atoms with Gasteiger partial charge in [0.1, 0.15) is 16.5 Å². The summed E-state index contributed by atoms with van der Waals surface area (Å²) in [6.45, 7) is 0. The van der Waals surface area contributed by atoms with Gasteiger partial charge in [-0.15, -0.1) is 0 Å². The fourth-order valence-corrected chi connectivity index (χ4v) is 2.31. The van der Waals surface area contributed by atoms with Gasteiger partial charge in [-0.05, 0) is 18.2 Å². The van der Waals surface area contributed by atoms with Crippen molar-refractivity contribution in [1.82, 2.24) is 4.57 Å². The second-order valence-corrected chi connectivity index (χ2v) is 5.45. The Balaban J connectivity index is 2.58. The van der Waals surface area contributed by atoms with Crippen LogP contribution in [-0.4, -0.2) is 15.6 Å². The molecule has 0 fully saturated rings. The summed E-state index contributed by atoms with van der Waals surface area (Å²) in [6, 6.07) is 5.26. The smallest absolute Gasteiger partial charge is 0.340 e. The van der Waals surface area contributed by atoms with Crippen LogP contribution in [0.2, 0.25) is 5.15 Å². The maximum Gasteiger partial charge on any atom is 0.340 e. The molecule has 1 heterocycles. The Kier molecular flexibility index (Phi) is 4.34. The summed E-state index contributed by atoms with van der Waals surface area (Å²) in [5.74, 6) is -1.92. The molecule has 1 aromatic carbocycles. The number of carboxylic acid groups (broad SMARTS) is 1.